The van der Waals surface area contributed by atoms with E-state index in [1.54, 1.807) is 0 Å². The van der Waals surface area contributed by atoms with Gasteiger partial charge in [0.1, 0.15) is 0 Å². The molecule has 0 amide bonds. The van der Waals surface area contributed by atoms with Crippen LogP contribution < -0.4 is 0 Å². The summed E-state index contributed by atoms with van der Waals surface area (Å²) in [6.45, 7) is 1.08. The van der Waals surface area contributed by atoms with Crippen molar-refractivity contribution in [1.82, 2.24) is 15.0 Å². The molecule has 1 saturated heterocycles. The maximum atomic E-state index is 5.62. The Morgan fingerprint density at radius 3 is 3.27 bits per heavy atom. The molecule has 4 nitrogen and oxygen atoms in total. The lowest BCUT2D eigenvalue weighted by atomic mass is 10.3. The third kappa shape index (κ3) is 2.65. The van der Waals surface area contributed by atoms with Gasteiger partial charge in [-0.3, -0.25) is 4.90 Å². The van der Waals surface area contributed by atoms with Gasteiger partial charge >= 0.3 is 0 Å². The highest BCUT2D eigenvalue weighted by Crippen LogP contribution is 2.26. The largest absolute Gasteiger partial charge is 0.339 e. The molecule has 0 saturated carbocycles. The Kier molecular flexibility index (Phi) is 3.88. The Hall–Kier alpha value is -0.260. The third-order valence-electron chi connectivity index (χ3n) is 2.49. The average molecular weight is 248 g/mol. The van der Waals surface area contributed by atoms with Crippen molar-refractivity contribution in [2.45, 2.75) is 12.5 Å². The molecule has 1 aromatic rings. The SMILES string of the molecule is CN1CCSCC1c1noc(CCCl)n1. The molecule has 1 unspecified atom stereocenters. The fourth-order valence-corrected chi connectivity index (χ4v) is 2.92. The van der Waals surface area contributed by atoms with Crippen LogP contribution in [0.25, 0.3) is 0 Å². The van der Waals surface area contributed by atoms with Crippen molar-refractivity contribution in [1.29, 1.82) is 0 Å². The van der Waals surface area contributed by atoms with Gasteiger partial charge in [-0.05, 0) is 7.05 Å². The van der Waals surface area contributed by atoms with Crippen LogP contribution in [-0.2, 0) is 6.42 Å². The first kappa shape index (κ1) is 11.2. The maximum absolute atomic E-state index is 5.62. The molecule has 0 N–H and O–H groups in total. The number of hydrogen-bond acceptors (Lipinski definition) is 5. The normalized spacial score (nSPS) is 23.2. The zero-order valence-electron chi connectivity index (χ0n) is 8.65. The number of alkyl halides is 1. The maximum Gasteiger partial charge on any atom is 0.227 e. The molecule has 0 radical (unpaired) electrons. The molecule has 1 aliphatic rings. The van der Waals surface area contributed by atoms with E-state index in [4.69, 9.17) is 16.1 Å². The quantitative estimate of drug-likeness (QED) is 0.759. The molecular weight excluding hydrogens is 234 g/mol. The lowest BCUT2D eigenvalue weighted by molar-refractivity contribution is 0.256. The first-order valence-electron chi connectivity index (χ1n) is 4.97. The molecular formula is C9H14ClN3OS. The van der Waals surface area contributed by atoms with Crippen molar-refractivity contribution in [3.8, 4) is 0 Å². The predicted octanol–water partition coefficient (Wildman–Crippen LogP) is 1.57. The molecule has 1 fully saturated rings. The Morgan fingerprint density at radius 2 is 2.53 bits per heavy atom. The van der Waals surface area contributed by atoms with E-state index in [9.17, 15) is 0 Å². The first-order valence-corrected chi connectivity index (χ1v) is 6.66. The topological polar surface area (TPSA) is 42.2 Å². The lowest BCUT2D eigenvalue weighted by Crippen LogP contribution is -2.33. The first-order chi connectivity index (χ1) is 7.31. The molecule has 0 bridgehead atoms. The van der Waals surface area contributed by atoms with E-state index < -0.39 is 0 Å². The minimum Gasteiger partial charge on any atom is -0.339 e. The van der Waals surface area contributed by atoms with Crippen molar-refractivity contribution < 1.29 is 4.52 Å². The number of aromatic nitrogens is 2. The van der Waals surface area contributed by atoms with Crippen LogP contribution in [0.1, 0.15) is 17.8 Å². The van der Waals surface area contributed by atoms with Crippen LogP contribution in [0.15, 0.2) is 4.52 Å². The fraction of sp³-hybridized carbons (Fsp3) is 0.778. The Morgan fingerprint density at radius 1 is 1.67 bits per heavy atom. The summed E-state index contributed by atoms with van der Waals surface area (Å²) in [7, 11) is 2.10. The summed E-state index contributed by atoms with van der Waals surface area (Å²) in [6.07, 6.45) is 0.651. The molecule has 15 heavy (non-hydrogen) atoms. The average Bonchev–Trinajstić information content (AvgIpc) is 2.68. The number of nitrogens with zero attached hydrogens (tertiary/aromatic N) is 3. The van der Waals surface area contributed by atoms with E-state index >= 15 is 0 Å². The van der Waals surface area contributed by atoms with Gasteiger partial charge in [0.15, 0.2) is 5.82 Å². The molecule has 2 rings (SSSR count). The summed E-state index contributed by atoms with van der Waals surface area (Å²) in [4.78, 5) is 6.63. The van der Waals surface area contributed by atoms with Crippen LogP contribution in [0.5, 0.6) is 0 Å². The lowest BCUT2D eigenvalue weighted by Gasteiger charge is -2.29. The number of rotatable bonds is 3. The monoisotopic (exact) mass is 247 g/mol. The van der Waals surface area contributed by atoms with Crippen LogP contribution in [0.3, 0.4) is 0 Å². The number of halogens is 1. The van der Waals surface area contributed by atoms with Gasteiger partial charge in [-0.25, -0.2) is 0 Å². The van der Waals surface area contributed by atoms with Gasteiger partial charge in [-0.2, -0.15) is 16.7 Å². The molecule has 2 heterocycles. The van der Waals surface area contributed by atoms with E-state index in [2.05, 4.69) is 22.1 Å². The van der Waals surface area contributed by atoms with Crippen molar-refractivity contribution in [2.24, 2.45) is 0 Å². The molecule has 0 spiro atoms. The van der Waals surface area contributed by atoms with Crippen molar-refractivity contribution in [3.63, 3.8) is 0 Å². The highest BCUT2D eigenvalue weighted by atomic mass is 35.5. The standard InChI is InChI=1S/C9H14ClN3OS/c1-13-4-5-15-6-7(13)9-11-8(2-3-10)14-12-9/h7H,2-6H2,1H3. The summed E-state index contributed by atoms with van der Waals surface area (Å²) in [5.41, 5.74) is 0. The number of aryl methyl sites for hydroxylation is 1. The molecule has 1 aliphatic heterocycles. The van der Waals surface area contributed by atoms with Gasteiger partial charge in [0.25, 0.3) is 0 Å². The Balaban J connectivity index is 2.06. The van der Waals surface area contributed by atoms with Gasteiger partial charge in [0.05, 0.1) is 6.04 Å². The minimum atomic E-state index is 0.288. The highest BCUT2D eigenvalue weighted by Gasteiger charge is 2.25. The van der Waals surface area contributed by atoms with Crippen LogP contribution in [0.2, 0.25) is 0 Å². The molecule has 84 valence electrons. The molecule has 0 aromatic carbocycles. The van der Waals surface area contributed by atoms with E-state index in [0.29, 0.717) is 18.2 Å². The minimum absolute atomic E-state index is 0.288. The second-order valence-electron chi connectivity index (χ2n) is 3.56. The number of thioether (sulfide) groups is 1. The molecule has 1 aromatic heterocycles. The van der Waals surface area contributed by atoms with Crippen LogP contribution in [-0.4, -0.2) is 46.0 Å². The van der Waals surface area contributed by atoms with E-state index in [-0.39, 0.29) is 6.04 Å². The van der Waals surface area contributed by atoms with Crippen molar-refractivity contribution in [2.75, 3.05) is 31.0 Å². The summed E-state index contributed by atoms with van der Waals surface area (Å²) in [6, 6.07) is 0.288. The van der Waals surface area contributed by atoms with Gasteiger partial charge in [0, 0.05) is 30.4 Å². The second-order valence-corrected chi connectivity index (χ2v) is 5.08. The molecule has 0 aliphatic carbocycles. The van der Waals surface area contributed by atoms with Crippen LogP contribution >= 0.6 is 23.4 Å². The summed E-state index contributed by atoms with van der Waals surface area (Å²) < 4.78 is 5.13. The van der Waals surface area contributed by atoms with Crippen molar-refractivity contribution >= 4 is 23.4 Å². The van der Waals surface area contributed by atoms with Crippen LogP contribution in [0.4, 0.5) is 0 Å². The second kappa shape index (κ2) is 5.18. The van der Waals surface area contributed by atoms with Gasteiger partial charge in [-0.15, -0.1) is 11.6 Å². The summed E-state index contributed by atoms with van der Waals surface area (Å²) in [5, 5.41) is 4.01. The highest BCUT2D eigenvalue weighted by molar-refractivity contribution is 7.99. The van der Waals surface area contributed by atoms with Gasteiger partial charge in [-0.1, -0.05) is 5.16 Å². The third-order valence-corrected chi connectivity index (χ3v) is 3.70. The fourth-order valence-electron chi connectivity index (χ4n) is 1.54. The zero-order chi connectivity index (χ0) is 10.7. The van der Waals surface area contributed by atoms with Gasteiger partial charge < -0.3 is 4.52 Å². The van der Waals surface area contributed by atoms with Crippen LogP contribution in [0, 0.1) is 0 Å². The van der Waals surface area contributed by atoms with Gasteiger partial charge in [0.2, 0.25) is 5.89 Å². The van der Waals surface area contributed by atoms with E-state index in [0.717, 1.165) is 18.1 Å². The summed E-state index contributed by atoms with van der Waals surface area (Å²) >= 11 is 7.55. The van der Waals surface area contributed by atoms with E-state index in [1.807, 2.05) is 11.8 Å². The predicted molar refractivity (Wildman–Crippen MR) is 61.4 cm³/mol. The number of hydrogen-bond donors (Lipinski definition) is 0. The molecule has 1 atom stereocenters. The Bertz CT molecular complexity index is 320. The van der Waals surface area contributed by atoms with Crippen molar-refractivity contribution in [3.05, 3.63) is 11.7 Å². The summed E-state index contributed by atoms with van der Waals surface area (Å²) in [5.74, 6) is 4.18. The Labute approximate surface area is 98.4 Å². The zero-order valence-corrected chi connectivity index (χ0v) is 10.2. The smallest absolute Gasteiger partial charge is 0.227 e. The molecule has 6 heteroatoms. The van der Waals surface area contributed by atoms with E-state index in [1.165, 1.54) is 5.75 Å².